The number of aromatic nitrogens is 1. The molecule has 0 aromatic carbocycles. The Kier molecular flexibility index (Phi) is 7.06. The molecule has 1 amide bonds. The highest BCUT2D eigenvalue weighted by Crippen LogP contribution is 2.39. The number of nitrogens with zero attached hydrogens (tertiary/aromatic N) is 2. The molecule has 0 saturated carbocycles. The molecule has 22 heavy (non-hydrogen) atoms. The fourth-order valence-corrected chi connectivity index (χ4v) is 4.08. The van der Waals surface area contributed by atoms with Crippen molar-refractivity contribution in [3.63, 3.8) is 0 Å². The van der Waals surface area contributed by atoms with Crippen LogP contribution in [-0.2, 0) is 0 Å². The zero-order valence-corrected chi connectivity index (χ0v) is 15.1. The fraction of sp³-hybridized carbons (Fsp3) is 0.467. The third kappa shape index (κ3) is 3.54. The first-order valence-electron chi connectivity index (χ1n) is 6.98. The number of piperidine rings is 1. The monoisotopic (exact) mass is 361 g/mol. The van der Waals surface area contributed by atoms with Gasteiger partial charge in [0.25, 0.3) is 5.91 Å². The molecule has 122 valence electrons. The van der Waals surface area contributed by atoms with Crippen LogP contribution in [-0.4, -0.2) is 43.0 Å². The topological polar surface area (TPSA) is 45.2 Å². The number of nitrogens with one attached hydrogen (secondary N) is 1. The summed E-state index contributed by atoms with van der Waals surface area (Å²) in [5, 5.41) is 4.55. The van der Waals surface area contributed by atoms with Crippen LogP contribution in [0.15, 0.2) is 18.3 Å². The van der Waals surface area contributed by atoms with Gasteiger partial charge in [0.15, 0.2) is 0 Å². The van der Waals surface area contributed by atoms with Gasteiger partial charge in [0.05, 0.1) is 4.88 Å². The van der Waals surface area contributed by atoms with Gasteiger partial charge in [-0.15, -0.1) is 36.2 Å². The number of amides is 1. The van der Waals surface area contributed by atoms with Crippen molar-refractivity contribution < 1.29 is 4.79 Å². The summed E-state index contributed by atoms with van der Waals surface area (Å²) in [6.45, 7) is 2.05. The van der Waals surface area contributed by atoms with Crippen LogP contribution in [0.25, 0.3) is 10.2 Å². The number of rotatable bonds is 2. The molecule has 0 bridgehead atoms. The number of halogens is 2. The molecule has 0 unspecified atom stereocenters. The molecule has 7 heteroatoms. The van der Waals surface area contributed by atoms with Crippen molar-refractivity contribution in [3.8, 4) is 0 Å². The zero-order valence-electron chi connectivity index (χ0n) is 12.7. The molecule has 0 aliphatic carbocycles. The Morgan fingerprint density at radius 1 is 1.32 bits per heavy atom. The summed E-state index contributed by atoms with van der Waals surface area (Å²) in [5.41, 5.74) is 1.22. The maximum Gasteiger partial charge on any atom is 0.263 e. The second-order valence-corrected chi connectivity index (χ2v) is 6.42. The van der Waals surface area contributed by atoms with Crippen LogP contribution in [0, 0.1) is 0 Å². The standard InChI is InChI=1S/C15H19N3OS.2ClH/c1-18(2)15(19)13-12(10-5-8-16-9-6-10)11-4-3-7-17-14(11)20-13;;/h3-4,7,10,16H,5-6,8-9H2,1-2H3;2*1H. The number of carbonyl (C=O) groups excluding carboxylic acids is 1. The van der Waals surface area contributed by atoms with Gasteiger partial charge in [0.2, 0.25) is 0 Å². The first-order chi connectivity index (χ1) is 9.68. The predicted molar refractivity (Wildman–Crippen MR) is 97.0 cm³/mol. The van der Waals surface area contributed by atoms with Gasteiger partial charge in [-0.1, -0.05) is 6.07 Å². The van der Waals surface area contributed by atoms with Crippen LogP contribution in [0.4, 0.5) is 0 Å². The van der Waals surface area contributed by atoms with Crippen LogP contribution < -0.4 is 5.32 Å². The van der Waals surface area contributed by atoms with Crippen LogP contribution in [0.5, 0.6) is 0 Å². The summed E-state index contributed by atoms with van der Waals surface area (Å²) >= 11 is 1.53. The van der Waals surface area contributed by atoms with E-state index in [1.165, 1.54) is 16.9 Å². The number of fused-ring (bicyclic) bond motifs is 1. The van der Waals surface area contributed by atoms with Gasteiger partial charge in [-0.25, -0.2) is 4.98 Å². The minimum atomic E-state index is 0. The smallest absolute Gasteiger partial charge is 0.263 e. The van der Waals surface area contributed by atoms with Crippen LogP contribution in [0.1, 0.15) is 34.0 Å². The lowest BCUT2D eigenvalue weighted by Crippen LogP contribution is -2.28. The first kappa shape index (κ1) is 19.2. The van der Waals surface area contributed by atoms with E-state index in [-0.39, 0.29) is 30.7 Å². The highest BCUT2D eigenvalue weighted by molar-refractivity contribution is 7.20. The van der Waals surface area contributed by atoms with Crippen molar-refractivity contribution in [2.24, 2.45) is 0 Å². The lowest BCUT2D eigenvalue weighted by Gasteiger charge is -2.24. The molecule has 0 spiro atoms. The van der Waals surface area contributed by atoms with Gasteiger partial charge >= 0.3 is 0 Å². The normalized spacial score (nSPS) is 15.0. The highest BCUT2D eigenvalue weighted by Gasteiger charge is 2.27. The summed E-state index contributed by atoms with van der Waals surface area (Å²) in [6.07, 6.45) is 3.98. The van der Waals surface area contributed by atoms with E-state index >= 15 is 0 Å². The minimum absolute atomic E-state index is 0. The summed E-state index contributed by atoms with van der Waals surface area (Å²) in [4.78, 5) is 20.4. The average Bonchev–Trinajstić information content (AvgIpc) is 2.86. The number of hydrogen-bond acceptors (Lipinski definition) is 4. The molecule has 3 rings (SSSR count). The van der Waals surface area contributed by atoms with Crippen molar-refractivity contribution >= 4 is 52.3 Å². The van der Waals surface area contributed by atoms with E-state index in [1.54, 1.807) is 11.1 Å². The molecule has 2 aromatic rings. The molecule has 1 saturated heterocycles. The van der Waals surface area contributed by atoms with Gasteiger partial charge in [0.1, 0.15) is 4.83 Å². The van der Waals surface area contributed by atoms with Crippen molar-refractivity contribution in [3.05, 3.63) is 28.8 Å². The molecule has 1 N–H and O–H groups in total. The lowest BCUT2D eigenvalue weighted by atomic mass is 9.88. The number of hydrogen-bond donors (Lipinski definition) is 1. The summed E-state index contributed by atoms with van der Waals surface area (Å²) < 4.78 is 0. The first-order valence-corrected chi connectivity index (χ1v) is 7.80. The molecule has 0 radical (unpaired) electrons. The lowest BCUT2D eigenvalue weighted by molar-refractivity contribution is 0.0830. The Labute approximate surface area is 147 Å². The minimum Gasteiger partial charge on any atom is -0.344 e. The molecule has 1 fully saturated rings. The van der Waals surface area contributed by atoms with E-state index in [9.17, 15) is 4.79 Å². The molecule has 4 nitrogen and oxygen atoms in total. The van der Waals surface area contributed by atoms with E-state index in [0.717, 1.165) is 41.0 Å². The van der Waals surface area contributed by atoms with E-state index in [4.69, 9.17) is 0 Å². The number of thiophene rings is 1. The summed E-state index contributed by atoms with van der Waals surface area (Å²) in [6, 6.07) is 4.06. The van der Waals surface area contributed by atoms with E-state index in [1.807, 2.05) is 20.2 Å². The van der Waals surface area contributed by atoms with Crippen molar-refractivity contribution in [2.75, 3.05) is 27.2 Å². The summed E-state index contributed by atoms with van der Waals surface area (Å²) in [5.74, 6) is 0.564. The fourth-order valence-electron chi connectivity index (χ4n) is 2.83. The van der Waals surface area contributed by atoms with E-state index in [2.05, 4.69) is 16.4 Å². The third-order valence-electron chi connectivity index (χ3n) is 3.85. The maximum absolute atomic E-state index is 12.5. The number of carbonyl (C=O) groups is 1. The van der Waals surface area contributed by atoms with Gasteiger partial charge < -0.3 is 10.2 Å². The SMILES string of the molecule is CN(C)C(=O)c1sc2ncccc2c1C1CCNCC1.Cl.Cl. The molecule has 3 heterocycles. The van der Waals surface area contributed by atoms with Gasteiger partial charge in [-0.3, -0.25) is 4.79 Å². The van der Waals surface area contributed by atoms with Crippen LogP contribution >= 0.6 is 36.2 Å². The Hall–Kier alpha value is -0.880. The highest BCUT2D eigenvalue weighted by atomic mass is 35.5. The van der Waals surface area contributed by atoms with Crippen LogP contribution in [0.3, 0.4) is 0 Å². The molecule has 1 aliphatic heterocycles. The largest absolute Gasteiger partial charge is 0.344 e. The molecule has 2 aromatic heterocycles. The molecular formula is C15H21Cl2N3OS. The van der Waals surface area contributed by atoms with E-state index < -0.39 is 0 Å². The van der Waals surface area contributed by atoms with Gasteiger partial charge in [-0.2, -0.15) is 0 Å². The second kappa shape index (κ2) is 8.11. The van der Waals surface area contributed by atoms with E-state index in [0.29, 0.717) is 5.92 Å². The molecular weight excluding hydrogens is 341 g/mol. The Bertz CT molecular complexity index is 639. The Balaban J connectivity index is 0.00000121. The summed E-state index contributed by atoms with van der Waals surface area (Å²) in [7, 11) is 3.62. The molecule has 1 aliphatic rings. The number of pyridine rings is 1. The predicted octanol–water partition coefficient (Wildman–Crippen LogP) is 3.31. The Morgan fingerprint density at radius 2 is 2.00 bits per heavy atom. The second-order valence-electron chi connectivity index (χ2n) is 5.42. The Morgan fingerprint density at radius 3 is 2.64 bits per heavy atom. The van der Waals surface area contributed by atoms with Crippen molar-refractivity contribution in [2.45, 2.75) is 18.8 Å². The van der Waals surface area contributed by atoms with Gasteiger partial charge in [-0.05, 0) is 43.5 Å². The molecule has 0 atom stereocenters. The van der Waals surface area contributed by atoms with Crippen molar-refractivity contribution in [1.82, 2.24) is 15.2 Å². The maximum atomic E-state index is 12.5. The average molecular weight is 362 g/mol. The van der Waals surface area contributed by atoms with Gasteiger partial charge in [0, 0.05) is 25.7 Å². The van der Waals surface area contributed by atoms with Crippen LogP contribution in [0.2, 0.25) is 0 Å². The quantitative estimate of drug-likeness (QED) is 0.892. The van der Waals surface area contributed by atoms with Crippen molar-refractivity contribution in [1.29, 1.82) is 0 Å². The third-order valence-corrected chi connectivity index (χ3v) is 4.97. The zero-order chi connectivity index (χ0) is 14.1.